The number of halogens is 1. The standard InChI is InChI=1S/C23H26N2O2.ClH/c26-23(27-21-16-24-13-10-18(21)11-14-24)25-15-12-17-6-4-5-9-20(17)22(25)19-7-2-1-3-8-19;/h1-9,18,21-22H,10-16H2;1H/t21-,22+;/m1./s1. The Kier molecular flexibility index (Phi) is 5.61. The van der Waals surface area contributed by atoms with Crippen molar-refractivity contribution in [2.24, 2.45) is 5.92 Å². The van der Waals surface area contributed by atoms with E-state index >= 15 is 0 Å². The minimum absolute atomic E-state index is 0. The summed E-state index contributed by atoms with van der Waals surface area (Å²) in [5.74, 6) is 0.534. The Labute approximate surface area is 172 Å². The quantitative estimate of drug-likeness (QED) is 0.756. The van der Waals surface area contributed by atoms with E-state index in [1.807, 2.05) is 23.1 Å². The lowest BCUT2D eigenvalue weighted by molar-refractivity contribution is -0.0462. The van der Waals surface area contributed by atoms with Crippen LogP contribution in [0.1, 0.15) is 35.6 Å². The monoisotopic (exact) mass is 398 g/mol. The minimum Gasteiger partial charge on any atom is -0.444 e. The highest BCUT2D eigenvalue weighted by atomic mass is 35.5. The van der Waals surface area contributed by atoms with Crippen LogP contribution in [0.3, 0.4) is 0 Å². The molecular formula is C23H27ClN2O2. The summed E-state index contributed by atoms with van der Waals surface area (Å²) in [6.07, 6.45) is 3.09. The van der Waals surface area contributed by atoms with Crippen LogP contribution in [0.2, 0.25) is 0 Å². The first-order chi connectivity index (χ1) is 13.3. The zero-order chi connectivity index (χ0) is 18.2. The van der Waals surface area contributed by atoms with E-state index < -0.39 is 0 Å². The number of fused-ring (bicyclic) bond motifs is 4. The number of amides is 1. The molecule has 0 N–H and O–H groups in total. The SMILES string of the molecule is Cl.O=C(O[C@@H]1CN2CCC1CC2)N1CCc2ccccc2[C@@H]1c1ccccc1. The molecule has 0 aromatic heterocycles. The van der Waals surface area contributed by atoms with Crippen LogP contribution in [-0.4, -0.2) is 48.2 Å². The molecule has 1 amide bonds. The van der Waals surface area contributed by atoms with Gasteiger partial charge in [-0.15, -0.1) is 12.4 Å². The van der Waals surface area contributed by atoms with Crippen LogP contribution in [0.4, 0.5) is 4.79 Å². The van der Waals surface area contributed by atoms with Crippen molar-refractivity contribution in [1.82, 2.24) is 9.80 Å². The molecule has 28 heavy (non-hydrogen) atoms. The van der Waals surface area contributed by atoms with Crippen molar-refractivity contribution in [2.75, 3.05) is 26.2 Å². The highest BCUT2D eigenvalue weighted by Crippen LogP contribution is 2.36. The van der Waals surface area contributed by atoms with Crippen LogP contribution in [-0.2, 0) is 11.2 Å². The Morgan fingerprint density at radius 3 is 2.36 bits per heavy atom. The summed E-state index contributed by atoms with van der Waals surface area (Å²) in [5, 5.41) is 0. The molecule has 0 spiro atoms. The van der Waals surface area contributed by atoms with Gasteiger partial charge in [-0.1, -0.05) is 54.6 Å². The average Bonchev–Trinajstić information content (AvgIpc) is 2.74. The van der Waals surface area contributed by atoms with Gasteiger partial charge >= 0.3 is 6.09 Å². The summed E-state index contributed by atoms with van der Waals surface area (Å²) < 4.78 is 6.08. The fourth-order valence-electron chi connectivity index (χ4n) is 5.00. The first-order valence-electron chi connectivity index (χ1n) is 10.1. The Bertz CT molecular complexity index is 820. The molecule has 2 atom stereocenters. The number of carbonyl (C=O) groups excluding carboxylic acids is 1. The van der Waals surface area contributed by atoms with E-state index in [0.29, 0.717) is 12.5 Å². The summed E-state index contributed by atoms with van der Waals surface area (Å²) in [6.45, 7) is 3.91. The Balaban J connectivity index is 0.00000192. The van der Waals surface area contributed by atoms with E-state index in [-0.39, 0.29) is 30.6 Å². The van der Waals surface area contributed by atoms with Gasteiger partial charge in [-0.2, -0.15) is 0 Å². The number of piperidine rings is 3. The third kappa shape index (κ3) is 3.51. The van der Waals surface area contributed by atoms with Gasteiger partial charge in [-0.05, 0) is 55.0 Å². The van der Waals surface area contributed by atoms with Crippen molar-refractivity contribution >= 4 is 18.5 Å². The molecule has 2 aromatic carbocycles. The Hall–Kier alpha value is -2.04. The molecule has 148 valence electrons. The maximum absolute atomic E-state index is 13.2. The van der Waals surface area contributed by atoms with Crippen LogP contribution in [0, 0.1) is 5.92 Å². The summed E-state index contributed by atoms with van der Waals surface area (Å²) in [6, 6.07) is 18.8. The number of ether oxygens (including phenoxy) is 1. The third-order valence-electron chi connectivity index (χ3n) is 6.48. The van der Waals surface area contributed by atoms with Crippen LogP contribution in [0.25, 0.3) is 0 Å². The molecule has 5 heteroatoms. The van der Waals surface area contributed by atoms with Gasteiger partial charge in [0.1, 0.15) is 6.10 Å². The first-order valence-corrected chi connectivity index (χ1v) is 10.1. The summed E-state index contributed by atoms with van der Waals surface area (Å²) in [5.41, 5.74) is 3.70. The van der Waals surface area contributed by atoms with Crippen molar-refractivity contribution < 1.29 is 9.53 Å². The van der Waals surface area contributed by atoms with E-state index in [9.17, 15) is 4.79 Å². The van der Waals surface area contributed by atoms with Gasteiger partial charge in [0.25, 0.3) is 0 Å². The molecule has 0 saturated carbocycles. The minimum atomic E-state index is -0.155. The molecule has 2 bridgehead atoms. The maximum Gasteiger partial charge on any atom is 0.410 e. The lowest BCUT2D eigenvalue weighted by atomic mass is 9.86. The lowest BCUT2D eigenvalue weighted by Gasteiger charge is -2.45. The highest BCUT2D eigenvalue weighted by molar-refractivity contribution is 5.85. The van der Waals surface area contributed by atoms with Gasteiger partial charge in [0, 0.05) is 13.1 Å². The number of nitrogens with zero attached hydrogens (tertiary/aromatic N) is 2. The second-order valence-electron chi connectivity index (χ2n) is 8.02. The van der Waals surface area contributed by atoms with Crippen molar-refractivity contribution in [3.8, 4) is 0 Å². The second-order valence-corrected chi connectivity index (χ2v) is 8.02. The molecule has 4 aliphatic rings. The summed E-state index contributed by atoms with van der Waals surface area (Å²) in [4.78, 5) is 17.6. The number of rotatable bonds is 2. The molecule has 3 fully saturated rings. The van der Waals surface area contributed by atoms with Crippen LogP contribution < -0.4 is 0 Å². The van der Waals surface area contributed by atoms with Crippen molar-refractivity contribution in [1.29, 1.82) is 0 Å². The van der Waals surface area contributed by atoms with Crippen LogP contribution in [0.15, 0.2) is 54.6 Å². The molecule has 4 aliphatic heterocycles. The van der Waals surface area contributed by atoms with Gasteiger partial charge in [-0.25, -0.2) is 4.79 Å². The Morgan fingerprint density at radius 2 is 1.64 bits per heavy atom. The van der Waals surface area contributed by atoms with Crippen molar-refractivity contribution in [2.45, 2.75) is 31.4 Å². The zero-order valence-electron chi connectivity index (χ0n) is 16.0. The van der Waals surface area contributed by atoms with Crippen LogP contribution in [0.5, 0.6) is 0 Å². The maximum atomic E-state index is 13.2. The molecule has 0 unspecified atom stereocenters. The molecular weight excluding hydrogens is 372 g/mol. The fourth-order valence-corrected chi connectivity index (χ4v) is 5.00. The number of benzene rings is 2. The van der Waals surface area contributed by atoms with Crippen LogP contribution >= 0.6 is 12.4 Å². The number of hydrogen-bond donors (Lipinski definition) is 0. The molecule has 3 saturated heterocycles. The third-order valence-corrected chi connectivity index (χ3v) is 6.48. The predicted octanol–water partition coefficient (Wildman–Crippen LogP) is 4.29. The number of carbonyl (C=O) groups is 1. The van der Waals surface area contributed by atoms with Crippen molar-refractivity contribution in [3.05, 3.63) is 71.3 Å². The zero-order valence-corrected chi connectivity index (χ0v) is 16.8. The topological polar surface area (TPSA) is 32.8 Å². The first kappa shape index (κ1) is 19.3. The molecule has 2 aromatic rings. The fraction of sp³-hybridized carbons (Fsp3) is 0.435. The van der Waals surface area contributed by atoms with E-state index in [2.05, 4.69) is 41.3 Å². The summed E-state index contributed by atoms with van der Waals surface area (Å²) >= 11 is 0. The predicted molar refractivity (Wildman–Crippen MR) is 112 cm³/mol. The molecule has 4 nitrogen and oxygen atoms in total. The van der Waals surface area contributed by atoms with Gasteiger partial charge in [0.2, 0.25) is 0 Å². The van der Waals surface area contributed by atoms with E-state index in [4.69, 9.17) is 4.74 Å². The molecule has 4 heterocycles. The number of hydrogen-bond acceptors (Lipinski definition) is 3. The smallest absolute Gasteiger partial charge is 0.410 e. The highest BCUT2D eigenvalue weighted by Gasteiger charge is 2.39. The summed E-state index contributed by atoms with van der Waals surface area (Å²) in [7, 11) is 0. The van der Waals surface area contributed by atoms with E-state index in [0.717, 1.165) is 44.5 Å². The Morgan fingerprint density at radius 1 is 0.929 bits per heavy atom. The average molecular weight is 399 g/mol. The lowest BCUT2D eigenvalue weighted by Crippen LogP contribution is -2.53. The van der Waals surface area contributed by atoms with Gasteiger partial charge in [0.15, 0.2) is 0 Å². The normalized spacial score (nSPS) is 28.2. The molecule has 0 radical (unpaired) electrons. The molecule has 0 aliphatic carbocycles. The van der Waals surface area contributed by atoms with Gasteiger partial charge in [-0.3, -0.25) is 9.80 Å². The largest absolute Gasteiger partial charge is 0.444 e. The van der Waals surface area contributed by atoms with Crippen molar-refractivity contribution in [3.63, 3.8) is 0 Å². The molecule has 6 rings (SSSR count). The van der Waals surface area contributed by atoms with Gasteiger partial charge in [0.05, 0.1) is 6.04 Å². The second kappa shape index (κ2) is 8.14. The van der Waals surface area contributed by atoms with E-state index in [1.54, 1.807) is 0 Å². The van der Waals surface area contributed by atoms with Gasteiger partial charge < -0.3 is 4.74 Å². The van der Waals surface area contributed by atoms with E-state index in [1.165, 1.54) is 11.1 Å².